The number of aromatic nitrogens is 1. The van der Waals surface area contributed by atoms with E-state index in [0.717, 1.165) is 18.6 Å². The van der Waals surface area contributed by atoms with Crippen LogP contribution in [0.5, 0.6) is 0 Å². The van der Waals surface area contributed by atoms with Crippen LogP contribution in [-0.4, -0.2) is 11.6 Å². The summed E-state index contributed by atoms with van der Waals surface area (Å²) >= 11 is 0. The first-order valence-corrected chi connectivity index (χ1v) is 6.48. The van der Waals surface area contributed by atoms with Gasteiger partial charge >= 0.3 is 0 Å². The second kappa shape index (κ2) is 6.92. The number of hydrogen-bond donors (Lipinski definition) is 0. The lowest BCUT2D eigenvalue weighted by molar-refractivity contribution is 0.118. The zero-order chi connectivity index (χ0) is 12.6. The van der Waals surface area contributed by atoms with Gasteiger partial charge in [0.1, 0.15) is 0 Å². The molecule has 0 bridgehead atoms. The maximum atomic E-state index is 5.68. The van der Waals surface area contributed by atoms with Crippen LogP contribution >= 0.6 is 0 Å². The molecule has 0 N–H and O–H groups in total. The number of hydrogen-bond acceptors (Lipinski definition) is 2. The van der Waals surface area contributed by atoms with Crippen molar-refractivity contribution >= 4 is 0 Å². The van der Waals surface area contributed by atoms with Gasteiger partial charge in [0, 0.05) is 24.6 Å². The van der Waals surface area contributed by atoms with E-state index in [4.69, 9.17) is 4.74 Å². The van der Waals surface area contributed by atoms with Crippen molar-refractivity contribution in [2.45, 2.75) is 26.4 Å². The highest BCUT2D eigenvalue weighted by atomic mass is 16.5. The summed E-state index contributed by atoms with van der Waals surface area (Å²) in [6.45, 7) is 3.63. The predicted octanol–water partition coefficient (Wildman–Crippen LogP) is 4.07. The normalized spacial score (nSPS) is 10.5. The van der Waals surface area contributed by atoms with E-state index < -0.39 is 0 Å². The van der Waals surface area contributed by atoms with Crippen molar-refractivity contribution in [2.75, 3.05) is 6.61 Å². The van der Waals surface area contributed by atoms with Gasteiger partial charge in [0.15, 0.2) is 0 Å². The molecule has 0 radical (unpaired) electrons. The molecular weight excluding hydrogens is 222 g/mol. The summed E-state index contributed by atoms with van der Waals surface area (Å²) in [6.07, 6.45) is 6.01. The van der Waals surface area contributed by atoms with E-state index in [-0.39, 0.29) is 0 Å². The average Bonchev–Trinajstić information content (AvgIpc) is 2.45. The zero-order valence-corrected chi connectivity index (χ0v) is 10.8. The standard InChI is InChI=1S/C16H19NO/c1-2-3-11-18-13-15-12-17-10-9-16(15)14-7-5-4-6-8-14/h4-10,12H,2-3,11,13H2,1H3. The summed E-state index contributed by atoms with van der Waals surface area (Å²) in [5, 5.41) is 0. The van der Waals surface area contributed by atoms with E-state index in [1.807, 2.05) is 24.5 Å². The van der Waals surface area contributed by atoms with Gasteiger partial charge in [-0.3, -0.25) is 4.98 Å². The molecule has 2 rings (SSSR count). The van der Waals surface area contributed by atoms with Gasteiger partial charge < -0.3 is 4.74 Å². The Bertz CT molecular complexity index is 468. The minimum Gasteiger partial charge on any atom is -0.377 e. The molecule has 0 amide bonds. The molecular formula is C16H19NO. The van der Waals surface area contributed by atoms with Gasteiger partial charge in [0.05, 0.1) is 6.61 Å². The van der Waals surface area contributed by atoms with Crippen LogP contribution in [0.1, 0.15) is 25.3 Å². The van der Waals surface area contributed by atoms with Gasteiger partial charge in [-0.15, -0.1) is 0 Å². The fourth-order valence-corrected chi connectivity index (χ4v) is 1.87. The third-order valence-electron chi connectivity index (χ3n) is 2.89. The van der Waals surface area contributed by atoms with E-state index in [0.29, 0.717) is 6.61 Å². The molecule has 0 fully saturated rings. The van der Waals surface area contributed by atoms with Gasteiger partial charge in [0.25, 0.3) is 0 Å². The van der Waals surface area contributed by atoms with Crippen LogP contribution in [0.3, 0.4) is 0 Å². The Labute approximate surface area is 109 Å². The van der Waals surface area contributed by atoms with Crippen molar-refractivity contribution in [3.63, 3.8) is 0 Å². The van der Waals surface area contributed by atoms with Gasteiger partial charge in [-0.1, -0.05) is 43.7 Å². The zero-order valence-electron chi connectivity index (χ0n) is 10.8. The molecule has 0 aliphatic rings. The quantitative estimate of drug-likeness (QED) is 0.711. The second-order valence-corrected chi connectivity index (χ2v) is 4.30. The van der Waals surface area contributed by atoms with Crippen LogP contribution in [-0.2, 0) is 11.3 Å². The summed E-state index contributed by atoms with van der Waals surface area (Å²) in [6, 6.07) is 12.4. The lowest BCUT2D eigenvalue weighted by Gasteiger charge is -2.09. The van der Waals surface area contributed by atoms with Crippen LogP contribution in [0.15, 0.2) is 48.8 Å². The molecule has 0 atom stereocenters. The molecule has 94 valence electrons. The Morgan fingerprint density at radius 1 is 1.11 bits per heavy atom. The first-order chi connectivity index (χ1) is 8.92. The molecule has 0 unspecified atom stereocenters. The topological polar surface area (TPSA) is 22.1 Å². The lowest BCUT2D eigenvalue weighted by Crippen LogP contribution is -1.98. The highest BCUT2D eigenvalue weighted by molar-refractivity contribution is 5.66. The fourth-order valence-electron chi connectivity index (χ4n) is 1.87. The molecule has 2 aromatic rings. The number of rotatable bonds is 6. The smallest absolute Gasteiger partial charge is 0.0737 e. The molecule has 0 spiro atoms. The van der Waals surface area contributed by atoms with E-state index >= 15 is 0 Å². The Morgan fingerprint density at radius 2 is 1.94 bits per heavy atom. The molecule has 1 aromatic heterocycles. The Balaban J connectivity index is 2.11. The number of benzene rings is 1. The molecule has 0 aliphatic carbocycles. The average molecular weight is 241 g/mol. The summed E-state index contributed by atoms with van der Waals surface area (Å²) in [4.78, 5) is 4.19. The summed E-state index contributed by atoms with van der Waals surface area (Å²) in [7, 11) is 0. The van der Waals surface area contributed by atoms with Gasteiger partial charge in [-0.25, -0.2) is 0 Å². The highest BCUT2D eigenvalue weighted by Crippen LogP contribution is 2.23. The van der Waals surface area contributed by atoms with Crippen molar-refractivity contribution < 1.29 is 4.74 Å². The number of nitrogens with zero attached hydrogens (tertiary/aromatic N) is 1. The van der Waals surface area contributed by atoms with Crippen molar-refractivity contribution in [1.29, 1.82) is 0 Å². The third-order valence-corrected chi connectivity index (χ3v) is 2.89. The van der Waals surface area contributed by atoms with Crippen molar-refractivity contribution in [1.82, 2.24) is 4.98 Å². The highest BCUT2D eigenvalue weighted by Gasteiger charge is 2.04. The maximum absolute atomic E-state index is 5.68. The van der Waals surface area contributed by atoms with Crippen LogP contribution in [0.2, 0.25) is 0 Å². The van der Waals surface area contributed by atoms with Crippen molar-refractivity contribution in [3.8, 4) is 11.1 Å². The van der Waals surface area contributed by atoms with Crippen LogP contribution < -0.4 is 0 Å². The molecule has 2 heteroatoms. The second-order valence-electron chi connectivity index (χ2n) is 4.30. The van der Waals surface area contributed by atoms with Crippen molar-refractivity contribution in [2.24, 2.45) is 0 Å². The van der Waals surface area contributed by atoms with Crippen LogP contribution in [0.4, 0.5) is 0 Å². The number of pyridine rings is 1. The molecule has 0 saturated heterocycles. The number of unbranched alkanes of at least 4 members (excludes halogenated alkanes) is 1. The maximum Gasteiger partial charge on any atom is 0.0737 e. The van der Waals surface area contributed by atoms with E-state index in [9.17, 15) is 0 Å². The van der Waals surface area contributed by atoms with Crippen LogP contribution in [0, 0.1) is 0 Å². The van der Waals surface area contributed by atoms with Crippen molar-refractivity contribution in [3.05, 3.63) is 54.4 Å². The molecule has 1 aromatic carbocycles. The summed E-state index contributed by atoms with van der Waals surface area (Å²) < 4.78 is 5.68. The fraction of sp³-hybridized carbons (Fsp3) is 0.312. The Hall–Kier alpha value is -1.67. The minimum atomic E-state index is 0.637. The van der Waals surface area contributed by atoms with E-state index in [1.54, 1.807) is 0 Å². The van der Waals surface area contributed by atoms with E-state index in [1.165, 1.54) is 17.5 Å². The SMILES string of the molecule is CCCCOCc1cnccc1-c1ccccc1. The monoisotopic (exact) mass is 241 g/mol. The first kappa shape index (κ1) is 12.8. The van der Waals surface area contributed by atoms with Gasteiger partial charge in [-0.2, -0.15) is 0 Å². The Kier molecular flexibility index (Phi) is 4.91. The number of ether oxygens (including phenoxy) is 1. The molecule has 18 heavy (non-hydrogen) atoms. The Morgan fingerprint density at radius 3 is 2.72 bits per heavy atom. The van der Waals surface area contributed by atoms with E-state index in [2.05, 4.69) is 36.2 Å². The van der Waals surface area contributed by atoms with Gasteiger partial charge in [-0.05, 0) is 23.6 Å². The molecule has 2 nitrogen and oxygen atoms in total. The summed E-state index contributed by atoms with van der Waals surface area (Å²) in [5.41, 5.74) is 3.58. The summed E-state index contributed by atoms with van der Waals surface area (Å²) in [5.74, 6) is 0. The molecule has 1 heterocycles. The largest absolute Gasteiger partial charge is 0.377 e. The first-order valence-electron chi connectivity index (χ1n) is 6.48. The predicted molar refractivity (Wildman–Crippen MR) is 74.2 cm³/mol. The molecule has 0 aliphatic heterocycles. The van der Waals surface area contributed by atoms with Gasteiger partial charge in [0.2, 0.25) is 0 Å². The third kappa shape index (κ3) is 3.41. The molecule has 0 saturated carbocycles. The van der Waals surface area contributed by atoms with Crippen LogP contribution in [0.25, 0.3) is 11.1 Å². The lowest BCUT2D eigenvalue weighted by atomic mass is 10.0. The minimum absolute atomic E-state index is 0.637.